The van der Waals surface area contributed by atoms with Gasteiger partial charge in [0.2, 0.25) is 0 Å². The Bertz CT molecular complexity index is 453. The summed E-state index contributed by atoms with van der Waals surface area (Å²) in [6.07, 6.45) is 6.82. The van der Waals surface area contributed by atoms with Gasteiger partial charge in [-0.2, -0.15) is 0 Å². The van der Waals surface area contributed by atoms with E-state index in [-0.39, 0.29) is 6.10 Å². The van der Waals surface area contributed by atoms with Crippen molar-refractivity contribution in [2.45, 2.75) is 6.10 Å². The highest BCUT2D eigenvalue weighted by molar-refractivity contribution is 5.55. The Morgan fingerprint density at radius 2 is 2.13 bits per heavy atom. The van der Waals surface area contributed by atoms with Crippen molar-refractivity contribution in [3.05, 3.63) is 42.6 Å². The number of hydrogen-bond donors (Lipinski definition) is 1. The largest absolute Gasteiger partial charge is 0.478 e. The molecule has 1 aliphatic heterocycles. The van der Waals surface area contributed by atoms with Crippen molar-refractivity contribution in [1.82, 2.24) is 4.98 Å². The van der Waals surface area contributed by atoms with E-state index in [9.17, 15) is 0 Å². The molecule has 2 aromatic heterocycles. The summed E-state index contributed by atoms with van der Waals surface area (Å²) < 4.78 is 10.8. The average molecular weight is 202 g/mol. The third kappa shape index (κ3) is 1.44. The summed E-state index contributed by atoms with van der Waals surface area (Å²) >= 11 is 0. The molecule has 4 heteroatoms. The number of nitrogens with zero attached hydrogens (tertiary/aromatic N) is 1. The molecule has 0 spiro atoms. The van der Waals surface area contributed by atoms with Crippen molar-refractivity contribution in [2.24, 2.45) is 0 Å². The zero-order valence-corrected chi connectivity index (χ0v) is 8.01. The first-order valence-electron chi connectivity index (χ1n) is 4.80. The zero-order chi connectivity index (χ0) is 10.1. The second-order valence-corrected chi connectivity index (χ2v) is 3.42. The number of hydrogen-bond acceptors (Lipinski definition) is 4. The van der Waals surface area contributed by atoms with Gasteiger partial charge in [-0.25, -0.2) is 0 Å². The lowest BCUT2D eigenvalue weighted by atomic mass is 10.1. The first-order chi connectivity index (χ1) is 7.43. The molecular weight excluding hydrogens is 192 g/mol. The normalized spacial score (nSPS) is 18.8. The molecule has 3 rings (SSSR count). The predicted octanol–water partition coefficient (Wildman–Crippen LogP) is 2.22. The van der Waals surface area contributed by atoms with Crippen molar-refractivity contribution in [1.29, 1.82) is 0 Å². The molecule has 1 unspecified atom stereocenters. The molecule has 0 fully saturated rings. The van der Waals surface area contributed by atoms with Crippen LogP contribution in [0.4, 0.5) is 5.69 Å². The number of nitrogens with one attached hydrogen (secondary N) is 1. The van der Waals surface area contributed by atoms with Crippen LogP contribution in [0.25, 0.3) is 0 Å². The first kappa shape index (κ1) is 8.35. The number of rotatable bonds is 1. The highest BCUT2D eigenvalue weighted by Gasteiger charge is 2.21. The van der Waals surface area contributed by atoms with Crippen molar-refractivity contribution >= 4 is 5.69 Å². The van der Waals surface area contributed by atoms with Crippen LogP contribution in [0.1, 0.15) is 11.7 Å². The quantitative estimate of drug-likeness (QED) is 0.770. The van der Waals surface area contributed by atoms with Gasteiger partial charge in [0, 0.05) is 12.4 Å². The Hall–Kier alpha value is -1.97. The summed E-state index contributed by atoms with van der Waals surface area (Å²) in [6.45, 7) is 0.747. The summed E-state index contributed by atoms with van der Waals surface area (Å²) in [6, 6.07) is 3.91. The van der Waals surface area contributed by atoms with Gasteiger partial charge in [-0.1, -0.05) is 0 Å². The SMILES string of the molecule is c1cc(C2CNc3cocc3O2)ccn1. The summed E-state index contributed by atoms with van der Waals surface area (Å²) in [5.74, 6) is 0.767. The predicted molar refractivity (Wildman–Crippen MR) is 54.8 cm³/mol. The summed E-state index contributed by atoms with van der Waals surface area (Å²) in [4.78, 5) is 3.98. The maximum Gasteiger partial charge on any atom is 0.181 e. The molecule has 4 nitrogen and oxygen atoms in total. The number of ether oxygens (including phenoxy) is 1. The van der Waals surface area contributed by atoms with Gasteiger partial charge >= 0.3 is 0 Å². The molecule has 1 N–H and O–H groups in total. The Labute approximate surface area is 86.9 Å². The minimum absolute atomic E-state index is 0.0260. The molecule has 0 aliphatic carbocycles. The van der Waals surface area contributed by atoms with E-state index in [1.807, 2.05) is 12.1 Å². The van der Waals surface area contributed by atoms with Crippen molar-refractivity contribution < 1.29 is 9.15 Å². The minimum Gasteiger partial charge on any atom is -0.478 e. The Morgan fingerprint density at radius 1 is 1.27 bits per heavy atom. The van der Waals surface area contributed by atoms with Gasteiger partial charge in [0.1, 0.15) is 24.3 Å². The van der Waals surface area contributed by atoms with E-state index < -0.39 is 0 Å². The average Bonchev–Trinajstić information content (AvgIpc) is 2.77. The molecule has 0 saturated carbocycles. The van der Waals surface area contributed by atoms with Crippen molar-refractivity contribution in [3.8, 4) is 5.75 Å². The summed E-state index contributed by atoms with van der Waals surface area (Å²) in [5, 5.41) is 3.25. The van der Waals surface area contributed by atoms with E-state index in [0.29, 0.717) is 0 Å². The van der Waals surface area contributed by atoms with Gasteiger partial charge in [0.15, 0.2) is 5.75 Å². The fourth-order valence-corrected chi connectivity index (χ4v) is 1.67. The molecule has 15 heavy (non-hydrogen) atoms. The third-order valence-electron chi connectivity index (χ3n) is 2.45. The topological polar surface area (TPSA) is 47.3 Å². The molecule has 1 atom stereocenters. The smallest absolute Gasteiger partial charge is 0.181 e. The van der Waals surface area contributed by atoms with Gasteiger partial charge < -0.3 is 14.5 Å². The van der Waals surface area contributed by atoms with Gasteiger partial charge in [-0.05, 0) is 17.7 Å². The van der Waals surface area contributed by atoms with E-state index in [2.05, 4.69) is 10.3 Å². The summed E-state index contributed by atoms with van der Waals surface area (Å²) in [7, 11) is 0. The molecule has 76 valence electrons. The summed E-state index contributed by atoms with van der Waals surface area (Å²) in [5.41, 5.74) is 2.03. The Morgan fingerprint density at radius 3 is 3.00 bits per heavy atom. The van der Waals surface area contributed by atoms with Crippen LogP contribution in [0.3, 0.4) is 0 Å². The monoisotopic (exact) mass is 202 g/mol. The maximum absolute atomic E-state index is 5.77. The van der Waals surface area contributed by atoms with E-state index >= 15 is 0 Å². The standard InChI is InChI=1S/C11H10N2O2/c1-3-12-4-2-8(1)10-5-13-9-6-14-7-11(9)15-10/h1-4,6-7,10,13H,5H2. The van der Waals surface area contributed by atoms with Crippen molar-refractivity contribution in [2.75, 3.05) is 11.9 Å². The van der Waals surface area contributed by atoms with Crippen LogP contribution < -0.4 is 10.1 Å². The van der Waals surface area contributed by atoms with E-state index in [1.165, 1.54) is 0 Å². The lowest BCUT2D eigenvalue weighted by molar-refractivity contribution is 0.209. The zero-order valence-electron chi connectivity index (χ0n) is 8.01. The first-order valence-corrected chi connectivity index (χ1v) is 4.80. The van der Waals surface area contributed by atoms with E-state index in [4.69, 9.17) is 9.15 Å². The van der Waals surface area contributed by atoms with Crippen LogP contribution in [0.15, 0.2) is 41.5 Å². The molecule has 0 aromatic carbocycles. The molecule has 1 aliphatic rings. The number of pyridine rings is 1. The second kappa shape index (κ2) is 3.31. The molecular formula is C11H10N2O2. The molecule has 3 heterocycles. The maximum atomic E-state index is 5.77. The van der Waals surface area contributed by atoms with Crippen LogP contribution in [0.2, 0.25) is 0 Å². The second-order valence-electron chi connectivity index (χ2n) is 3.42. The highest BCUT2D eigenvalue weighted by atomic mass is 16.5. The molecule has 2 aromatic rings. The lowest BCUT2D eigenvalue weighted by Crippen LogP contribution is -2.22. The Kier molecular flexibility index (Phi) is 1.84. The van der Waals surface area contributed by atoms with Crippen LogP contribution in [-0.4, -0.2) is 11.5 Å². The van der Waals surface area contributed by atoms with Crippen LogP contribution in [0.5, 0.6) is 5.75 Å². The molecule has 0 bridgehead atoms. The van der Waals surface area contributed by atoms with Gasteiger partial charge in [-0.3, -0.25) is 4.98 Å². The molecule has 0 radical (unpaired) electrons. The van der Waals surface area contributed by atoms with Gasteiger partial charge in [0.25, 0.3) is 0 Å². The van der Waals surface area contributed by atoms with Crippen LogP contribution in [0, 0.1) is 0 Å². The van der Waals surface area contributed by atoms with Crippen molar-refractivity contribution in [3.63, 3.8) is 0 Å². The fourth-order valence-electron chi connectivity index (χ4n) is 1.67. The number of anilines is 1. The highest BCUT2D eigenvalue weighted by Crippen LogP contribution is 2.34. The van der Waals surface area contributed by atoms with Gasteiger partial charge in [-0.15, -0.1) is 0 Å². The number of furan rings is 1. The molecule has 0 amide bonds. The minimum atomic E-state index is 0.0260. The number of aromatic nitrogens is 1. The fraction of sp³-hybridized carbons (Fsp3) is 0.182. The number of fused-ring (bicyclic) bond motifs is 1. The third-order valence-corrected chi connectivity index (χ3v) is 2.45. The molecule has 0 saturated heterocycles. The van der Waals surface area contributed by atoms with Crippen LogP contribution in [-0.2, 0) is 0 Å². The van der Waals surface area contributed by atoms with Gasteiger partial charge in [0.05, 0.1) is 6.54 Å². The Balaban J connectivity index is 1.88. The van der Waals surface area contributed by atoms with E-state index in [0.717, 1.165) is 23.5 Å². The van der Waals surface area contributed by atoms with E-state index in [1.54, 1.807) is 24.9 Å². The van der Waals surface area contributed by atoms with Crippen LogP contribution >= 0.6 is 0 Å². The lowest BCUT2D eigenvalue weighted by Gasteiger charge is -2.24.